The minimum Gasteiger partial charge on any atom is -0.461 e. The van der Waals surface area contributed by atoms with Crippen LogP contribution in [0.2, 0.25) is 0 Å². The van der Waals surface area contributed by atoms with E-state index in [1.54, 1.807) is 12.1 Å². The fraction of sp³-hybridized carbons (Fsp3) is 0.265. The maximum atomic E-state index is 14.3. The topological polar surface area (TPSA) is 103 Å². The highest BCUT2D eigenvalue weighted by molar-refractivity contribution is 6.11. The van der Waals surface area contributed by atoms with Crippen LogP contribution in [0.3, 0.4) is 0 Å². The molecule has 0 bridgehead atoms. The van der Waals surface area contributed by atoms with Gasteiger partial charge in [0.25, 0.3) is 5.56 Å². The number of rotatable bonds is 11. The molecule has 222 valence electrons. The SMILES string of the molecule is Nc1c(C(=O)c2ccc(F)cc2F)ccc(=O)n1-c1ccc(CCN[C@@H](Cc2ccccc2)C(=O)OC2CCCC2)cc1. The minimum atomic E-state index is -1.02. The van der Waals surface area contributed by atoms with Gasteiger partial charge >= 0.3 is 5.97 Å². The fourth-order valence-corrected chi connectivity index (χ4v) is 5.37. The molecule has 0 unspecified atom stereocenters. The molecule has 5 rings (SSSR count). The molecule has 3 N–H and O–H groups in total. The second kappa shape index (κ2) is 13.6. The van der Waals surface area contributed by atoms with Gasteiger partial charge in [0, 0.05) is 12.1 Å². The first-order chi connectivity index (χ1) is 20.8. The molecule has 1 aliphatic rings. The molecule has 3 aromatic carbocycles. The van der Waals surface area contributed by atoms with E-state index in [2.05, 4.69) is 5.32 Å². The third kappa shape index (κ3) is 7.24. The lowest BCUT2D eigenvalue weighted by Crippen LogP contribution is -2.42. The van der Waals surface area contributed by atoms with Crippen molar-refractivity contribution in [1.82, 2.24) is 9.88 Å². The smallest absolute Gasteiger partial charge is 0.323 e. The van der Waals surface area contributed by atoms with Crippen molar-refractivity contribution in [1.29, 1.82) is 0 Å². The summed E-state index contributed by atoms with van der Waals surface area (Å²) < 4.78 is 34.6. The number of carbonyl (C=O) groups is 2. The number of pyridine rings is 1. The molecule has 4 aromatic rings. The van der Waals surface area contributed by atoms with Crippen LogP contribution in [0.5, 0.6) is 0 Å². The van der Waals surface area contributed by atoms with Crippen molar-refractivity contribution >= 4 is 17.6 Å². The van der Waals surface area contributed by atoms with E-state index in [9.17, 15) is 23.2 Å². The molecule has 0 amide bonds. The van der Waals surface area contributed by atoms with Crippen molar-refractivity contribution in [2.24, 2.45) is 0 Å². The number of nitrogens with one attached hydrogen (secondary N) is 1. The van der Waals surface area contributed by atoms with Gasteiger partial charge in [-0.25, -0.2) is 8.78 Å². The second-order valence-electron chi connectivity index (χ2n) is 10.7. The highest BCUT2D eigenvalue weighted by Gasteiger charge is 2.26. The van der Waals surface area contributed by atoms with Gasteiger partial charge in [-0.2, -0.15) is 0 Å². The van der Waals surface area contributed by atoms with E-state index in [4.69, 9.17) is 10.5 Å². The van der Waals surface area contributed by atoms with E-state index < -0.39 is 29.0 Å². The number of ketones is 1. The van der Waals surface area contributed by atoms with Crippen LogP contribution < -0.4 is 16.6 Å². The van der Waals surface area contributed by atoms with Gasteiger partial charge in [-0.15, -0.1) is 0 Å². The van der Waals surface area contributed by atoms with Gasteiger partial charge in [-0.3, -0.25) is 19.0 Å². The molecule has 43 heavy (non-hydrogen) atoms. The van der Waals surface area contributed by atoms with Crippen LogP contribution in [0.1, 0.15) is 52.7 Å². The quantitative estimate of drug-likeness (QED) is 0.186. The zero-order valence-electron chi connectivity index (χ0n) is 23.6. The van der Waals surface area contributed by atoms with Crippen molar-refractivity contribution < 1.29 is 23.1 Å². The van der Waals surface area contributed by atoms with Gasteiger partial charge in [0.2, 0.25) is 0 Å². The summed E-state index contributed by atoms with van der Waals surface area (Å²) in [5, 5.41) is 3.36. The maximum Gasteiger partial charge on any atom is 0.323 e. The Morgan fingerprint density at radius 1 is 0.907 bits per heavy atom. The first-order valence-corrected chi connectivity index (χ1v) is 14.4. The van der Waals surface area contributed by atoms with E-state index >= 15 is 0 Å². The minimum absolute atomic E-state index is 0.0144. The summed E-state index contributed by atoms with van der Waals surface area (Å²) >= 11 is 0. The van der Waals surface area contributed by atoms with Gasteiger partial charge < -0.3 is 15.8 Å². The number of benzene rings is 3. The molecule has 1 aliphatic carbocycles. The Labute approximate surface area is 248 Å². The molecule has 0 radical (unpaired) electrons. The summed E-state index contributed by atoms with van der Waals surface area (Å²) in [4.78, 5) is 38.7. The third-order valence-electron chi connectivity index (χ3n) is 7.70. The van der Waals surface area contributed by atoms with Crippen LogP contribution in [0.15, 0.2) is 89.7 Å². The largest absolute Gasteiger partial charge is 0.461 e. The Morgan fingerprint density at radius 2 is 1.60 bits per heavy atom. The number of esters is 1. The Balaban J connectivity index is 1.27. The van der Waals surface area contributed by atoms with Crippen LogP contribution in [-0.2, 0) is 22.4 Å². The number of hydrogen-bond acceptors (Lipinski definition) is 6. The fourth-order valence-electron chi connectivity index (χ4n) is 5.37. The van der Waals surface area contributed by atoms with Crippen LogP contribution in [0, 0.1) is 11.6 Å². The Bertz CT molecular complexity index is 1650. The van der Waals surface area contributed by atoms with Gasteiger partial charge in [0.05, 0.1) is 16.8 Å². The number of anilines is 1. The zero-order chi connectivity index (χ0) is 30.3. The molecule has 1 atom stereocenters. The molecular formula is C34H33F2N3O4. The van der Waals surface area contributed by atoms with E-state index in [1.807, 2.05) is 42.5 Å². The highest BCUT2D eigenvalue weighted by atomic mass is 19.1. The molecular weight excluding hydrogens is 552 g/mol. The van der Waals surface area contributed by atoms with Gasteiger partial charge in [0.1, 0.15) is 29.6 Å². The van der Waals surface area contributed by atoms with Crippen LogP contribution in [-0.4, -0.2) is 35.0 Å². The summed E-state index contributed by atoms with van der Waals surface area (Å²) in [5.41, 5.74) is 7.75. The van der Waals surface area contributed by atoms with Crippen LogP contribution in [0.4, 0.5) is 14.6 Å². The maximum absolute atomic E-state index is 14.3. The third-order valence-corrected chi connectivity index (χ3v) is 7.70. The van der Waals surface area contributed by atoms with E-state index in [1.165, 1.54) is 16.7 Å². The molecule has 1 saturated carbocycles. The molecule has 0 spiro atoms. The lowest BCUT2D eigenvalue weighted by Gasteiger charge is -2.20. The monoisotopic (exact) mass is 585 g/mol. The summed E-state index contributed by atoms with van der Waals surface area (Å²) in [5.74, 6) is -2.98. The summed E-state index contributed by atoms with van der Waals surface area (Å²) in [6.07, 6.45) is 5.08. The van der Waals surface area contributed by atoms with E-state index in [0.29, 0.717) is 31.1 Å². The second-order valence-corrected chi connectivity index (χ2v) is 10.7. The summed E-state index contributed by atoms with van der Waals surface area (Å²) in [7, 11) is 0. The first-order valence-electron chi connectivity index (χ1n) is 14.4. The number of aromatic nitrogens is 1. The molecule has 7 nitrogen and oxygen atoms in total. The lowest BCUT2D eigenvalue weighted by atomic mass is 10.0. The lowest BCUT2D eigenvalue weighted by molar-refractivity contribution is -0.151. The van der Waals surface area contributed by atoms with Gasteiger partial charge in [0.15, 0.2) is 5.78 Å². The number of carbonyl (C=O) groups excluding carboxylic acids is 2. The Kier molecular flexibility index (Phi) is 9.41. The Hall–Kier alpha value is -4.63. The number of nitrogens with two attached hydrogens (primary N) is 1. The number of ether oxygens (including phenoxy) is 1. The average Bonchev–Trinajstić information content (AvgIpc) is 3.51. The van der Waals surface area contributed by atoms with Crippen molar-refractivity contribution in [3.8, 4) is 5.69 Å². The summed E-state index contributed by atoms with van der Waals surface area (Å²) in [6.45, 7) is 0.520. The molecule has 9 heteroatoms. The van der Waals surface area contributed by atoms with Crippen molar-refractivity contribution in [3.05, 3.63) is 129 Å². The zero-order valence-corrected chi connectivity index (χ0v) is 23.6. The van der Waals surface area contributed by atoms with Crippen molar-refractivity contribution in [3.63, 3.8) is 0 Å². The van der Waals surface area contributed by atoms with E-state index in [0.717, 1.165) is 48.9 Å². The number of hydrogen-bond donors (Lipinski definition) is 2. The standard InChI is InChI=1S/C34H33F2N3O4/c35-24-12-15-27(29(36)21-24)32(41)28-16-17-31(40)39(33(28)37)25-13-10-22(11-14-25)18-19-38-30(20-23-6-2-1-3-7-23)34(42)43-26-8-4-5-9-26/h1-3,6-7,10-17,21,26,30,38H,4-5,8-9,18-20,37H2/t30-/m0/s1. The number of nitrogen functional groups attached to an aromatic ring is 1. The summed E-state index contributed by atoms with van der Waals surface area (Å²) in [6, 6.07) is 21.5. The van der Waals surface area contributed by atoms with Crippen molar-refractivity contribution in [2.45, 2.75) is 50.7 Å². The first kappa shape index (κ1) is 29.8. The molecule has 1 heterocycles. The highest BCUT2D eigenvalue weighted by Crippen LogP contribution is 2.23. The normalized spacial score (nSPS) is 14.0. The predicted octanol–water partition coefficient (Wildman–Crippen LogP) is 5.16. The predicted molar refractivity (Wildman–Crippen MR) is 160 cm³/mol. The number of halogens is 2. The van der Waals surface area contributed by atoms with Crippen LogP contribution in [0.25, 0.3) is 5.69 Å². The number of nitrogens with zero attached hydrogens (tertiary/aromatic N) is 1. The van der Waals surface area contributed by atoms with Gasteiger partial charge in [-0.05, 0) is 86.5 Å². The molecule has 1 aromatic heterocycles. The molecule has 0 aliphatic heterocycles. The molecule has 1 fully saturated rings. The molecule has 0 saturated heterocycles. The van der Waals surface area contributed by atoms with Gasteiger partial charge in [-0.1, -0.05) is 42.5 Å². The van der Waals surface area contributed by atoms with Crippen molar-refractivity contribution in [2.75, 3.05) is 12.3 Å². The Morgan fingerprint density at radius 3 is 2.30 bits per heavy atom. The van der Waals surface area contributed by atoms with Crippen LogP contribution >= 0.6 is 0 Å². The van der Waals surface area contributed by atoms with E-state index in [-0.39, 0.29) is 29.0 Å². The average molecular weight is 586 g/mol.